The predicted molar refractivity (Wildman–Crippen MR) is 118 cm³/mol. The molecular formula is C24H26N4O3. The van der Waals surface area contributed by atoms with E-state index in [1.165, 1.54) is 5.69 Å². The fourth-order valence-corrected chi connectivity index (χ4v) is 4.80. The van der Waals surface area contributed by atoms with Crippen LogP contribution in [-0.2, 0) is 22.7 Å². The number of carbonyl (C=O) groups excluding carboxylic acids is 3. The zero-order chi connectivity index (χ0) is 21.8. The summed E-state index contributed by atoms with van der Waals surface area (Å²) in [6, 6.07) is 13.7. The number of piperidine rings is 1. The molecule has 7 heteroatoms. The largest absolute Gasteiger partial charge is 0.381 e. The monoisotopic (exact) mass is 418 g/mol. The minimum atomic E-state index is -0.583. The van der Waals surface area contributed by atoms with Crippen LogP contribution in [0.15, 0.2) is 42.5 Å². The van der Waals surface area contributed by atoms with Crippen LogP contribution in [0.3, 0.4) is 0 Å². The standard InChI is InChI=1S/C24H26N4O3/c1-24(2)14-25-18-5-3-4-6-19(18)28(24)12-15-7-8-17-16(11-15)13-27(23(17)31)20-9-10-21(29)26-22(20)30/h3-8,11,20,25H,9-10,12-14H2,1-2H3,(H,26,29,30). The second-order valence-electron chi connectivity index (χ2n) is 9.16. The van der Waals surface area contributed by atoms with Gasteiger partial charge < -0.3 is 15.1 Å². The van der Waals surface area contributed by atoms with Crippen LogP contribution in [0.25, 0.3) is 0 Å². The molecule has 3 heterocycles. The number of imide groups is 1. The molecule has 2 N–H and O–H groups in total. The Balaban J connectivity index is 1.40. The van der Waals surface area contributed by atoms with Gasteiger partial charge in [0.25, 0.3) is 5.91 Å². The zero-order valence-electron chi connectivity index (χ0n) is 17.8. The van der Waals surface area contributed by atoms with Gasteiger partial charge in [-0.3, -0.25) is 19.7 Å². The summed E-state index contributed by atoms with van der Waals surface area (Å²) >= 11 is 0. The Morgan fingerprint density at radius 3 is 2.71 bits per heavy atom. The molecule has 1 unspecified atom stereocenters. The summed E-state index contributed by atoms with van der Waals surface area (Å²) in [7, 11) is 0. The molecule has 0 aliphatic carbocycles. The first-order valence-corrected chi connectivity index (χ1v) is 10.7. The van der Waals surface area contributed by atoms with Crippen LogP contribution in [0.5, 0.6) is 0 Å². The number of anilines is 2. The Labute approximate surface area is 181 Å². The number of nitrogens with one attached hydrogen (secondary N) is 2. The minimum Gasteiger partial charge on any atom is -0.381 e. The summed E-state index contributed by atoms with van der Waals surface area (Å²) in [4.78, 5) is 40.7. The van der Waals surface area contributed by atoms with Gasteiger partial charge >= 0.3 is 0 Å². The summed E-state index contributed by atoms with van der Waals surface area (Å²) in [5.41, 5.74) is 4.94. The van der Waals surface area contributed by atoms with Crippen LogP contribution in [0, 0.1) is 0 Å². The third-order valence-electron chi connectivity index (χ3n) is 6.57. The van der Waals surface area contributed by atoms with Crippen molar-refractivity contribution in [3.8, 4) is 0 Å². The van der Waals surface area contributed by atoms with Gasteiger partial charge in [-0.05, 0) is 49.6 Å². The Morgan fingerprint density at radius 1 is 1.10 bits per heavy atom. The third kappa shape index (κ3) is 3.34. The molecule has 2 aromatic rings. The van der Waals surface area contributed by atoms with Gasteiger partial charge in [-0.15, -0.1) is 0 Å². The Hall–Kier alpha value is -3.35. The van der Waals surface area contributed by atoms with Gasteiger partial charge in [0.15, 0.2) is 0 Å². The molecule has 160 valence electrons. The molecule has 2 aromatic carbocycles. The highest BCUT2D eigenvalue weighted by Gasteiger charge is 2.39. The molecule has 3 aliphatic heterocycles. The number of carbonyl (C=O) groups is 3. The first kappa shape index (κ1) is 19.6. The summed E-state index contributed by atoms with van der Waals surface area (Å²) < 4.78 is 0. The van der Waals surface area contributed by atoms with E-state index in [4.69, 9.17) is 0 Å². The molecule has 0 saturated carbocycles. The fraction of sp³-hybridized carbons (Fsp3) is 0.375. The second-order valence-corrected chi connectivity index (χ2v) is 9.16. The van der Waals surface area contributed by atoms with Crippen molar-refractivity contribution in [1.29, 1.82) is 0 Å². The van der Waals surface area contributed by atoms with Crippen LogP contribution >= 0.6 is 0 Å². The van der Waals surface area contributed by atoms with E-state index >= 15 is 0 Å². The van der Waals surface area contributed by atoms with Crippen molar-refractivity contribution in [2.24, 2.45) is 0 Å². The number of hydrogen-bond acceptors (Lipinski definition) is 5. The van der Waals surface area contributed by atoms with E-state index in [1.54, 1.807) is 4.90 Å². The first-order valence-electron chi connectivity index (χ1n) is 10.7. The van der Waals surface area contributed by atoms with Gasteiger partial charge in [0.1, 0.15) is 6.04 Å². The van der Waals surface area contributed by atoms with Crippen LogP contribution in [0.4, 0.5) is 11.4 Å². The normalized spacial score (nSPS) is 22.0. The van der Waals surface area contributed by atoms with Crippen LogP contribution in [-0.4, -0.2) is 40.7 Å². The Morgan fingerprint density at radius 2 is 1.90 bits per heavy atom. The molecular weight excluding hydrogens is 392 g/mol. The van der Waals surface area contributed by atoms with Crippen molar-refractivity contribution in [2.75, 3.05) is 16.8 Å². The first-order chi connectivity index (χ1) is 14.8. The van der Waals surface area contributed by atoms with Crippen molar-refractivity contribution in [3.63, 3.8) is 0 Å². The van der Waals surface area contributed by atoms with E-state index in [9.17, 15) is 14.4 Å². The highest BCUT2D eigenvalue weighted by Crippen LogP contribution is 2.37. The van der Waals surface area contributed by atoms with Crippen molar-refractivity contribution < 1.29 is 14.4 Å². The molecule has 1 saturated heterocycles. The SMILES string of the molecule is CC1(C)CNc2ccccc2N1Cc1ccc2c(c1)CN(C1CCC(=O)NC1=O)C2=O. The van der Waals surface area contributed by atoms with Gasteiger partial charge in [0.05, 0.1) is 16.9 Å². The van der Waals surface area contributed by atoms with E-state index in [0.29, 0.717) is 18.5 Å². The molecule has 0 bridgehead atoms. The topological polar surface area (TPSA) is 81.8 Å². The lowest BCUT2D eigenvalue weighted by Crippen LogP contribution is -2.52. The lowest BCUT2D eigenvalue weighted by Gasteiger charge is -2.45. The fourth-order valence-electron chi connectivity index (χ4n) is 4.80. The molecule has 0 radical (unpaired) electrons. The van der Waals surface area contributed by atoms with Crippen LogP contribution < -0.4 is 15.5 Å². The molecule has 31 heavy (non-hydrogen) atoms. The number of rotatable bonds is 3. The van der Waals surface area contributed by atoms with E-state index in [-0.39, 0.29) is 29.7 Å². The molecule has 0 spiro atoms. The van der Waals surface area contributed by atoms with Crippen molar-refractivity contribution in [1.82, 2.24) is 10.2 Å². The minimum absolute atomic E-state index is 0.0675. The van der Waals surface area contributed by atoms with E-state index in [0.717, 1.165) is 29.9 Å². The molecule has 5 rings (SSSR count). The summed E-state index contributed by atoms with van der Waals surface area (Å²) in [5.74, 6) is -0.785. The number of para-hydroxylation sites is 2. The average Bonchev–Trinajstić information content (AvgIpc) is 3.06. The average molecular weight is 418 g/mol. The molecule has 1 fully saturated rings. The van der Waals surface area contributed by atoms with Gasteiger partial charge in [0.2, 0.25) is 11.8 Å². The summed E-state index contributed by atoms with van der Waals surface area (Å²) in [6.07, 6.45) is 0.641. The molecule has 3 amide bonds. The number of amides is 3. The number of benzene rings is 2. The maximum Gasteiger partial charge on any atom is 0.255 e. The Kier molecular flexibility index (Phi) is 4.50. The van der Waals surface area contributed by atoms with Crippen LogP contribution in [0.1, 0.15) is 48.2 Å². The number of hydrogen-bond donors (Lipinski definition) is 2. The summed E-state index contributed by atoms with van der Waals surface area (Å²) in [6.45, 7) is 6.41. The van der Waals surface area contributed by atoms with Gasteiger partial charge in [-0.25, -0.2) is 0 Å². The highest BCUT2D eigenvalue weighted by atomic mass is 16.2. The Bertz CT molecular complexity index is 1090. The summed E-state index contributed by atoms with van der Waals surface area (Å²) in [5, 5.41) is 5.86. The van der Waals surface area contributed by atoms with Crippen molar-refractivity contribution in [2.45, 2.75) is 51.4 Å². The van der Waals surface area contributed by atoms with E-state index < -0.39 is 6.04 Å². The quantitative estimate of drug-likeness (QED) is 0.749. The molecule has 7 nitrogen and oxygen atoms in total. The second kappa shape index (κ2) is 7.11. The van der Waals surface area contributed by atoms with Crippen molar-refractivity contribution >= 4 is 29.1 Å². The third-order valence-corrected chi connectivity index (χ3v) is 6.57. The van der Waals surface area contributed by atoms with Gasteiger partial charge in [-0.1, -0.05) is 24.3 Å². The van der Waals surface area contributed by atoms with Gasteiger partial charge in [-0.2, -0.15) is 0 Å². The molecule has 3 aliphatic rings. The van der Waals surface area contributed by atoms with E-state index in [1.807, 2.05) is 24.3 Å². The maximum absolute atomic E-state index is 12.9. The maximum atomic E-state index is 12.9. The smallest absolute Gasteiger partial charge is 0.255 e. The lowest BCUT2D eigenvalue weighted by atomic mass is 9.96. The molecule has 0 aromatic heterocycles. The number of nitrogens with zero attached hydrogens (tertiary/aromatic N) is 2. The van der Waals surface area contributed by atoms with Gasteiger partial charge in [0, 0.05) is 31.6 Å². The van der Waals surface area contributed by atoms with Crippen molar-refractivity contribution in [3.05, 3.63) is 59.2 Å². The number of fused-ring (bicyclic) bond motifs is 2. The highest BCUT2D eigenvalue weighted by molar-refractivity contribution is 6.05. The zero-order valence-corrected chi connectivity index (χ0v) is 17.8. The van der Waals surface area contributed by atoms with Crippen LogP contribution in [0.2, 0.25) is 0 Å². The predicted octanol–water partition coefficient (Wildman–Crippen LogP) is 2.66. The van der Waals surface area contributed by atoms with E-state index in [2.05, 4.69) is 47.6 Å². The molecule has 1 atom stereocenters. The lowest BCUT2D eigenvalue weighted by molar-refractivity contribution is -0.136.